The first-order chi connectivity index (χ1) is 8.79. The summed E-state index contributed by atoms with van der Waals surface area (Å²) in [7, 11) is 0. The van der Waals surface area contributed by atoms with Crippen LogP contribution in [0.5, 0.6) is 0 Å². The summed E-state index contributed by atoms with van der Waals surface area (Å²) >= 11 is 0. The molecule has 2 rings (SSSR count). The number of nitrogens with zero attached hydrogens (tertiary/aromatic N) is 1. The molecule has 2 aliphatic heterocycles. The van der Waals surface area contributed by atoms with Crippen LogP contribution in [0.4, 0.5) is 0 Å². The summed E-state index contributed by atoms with van der Waals surface area (Å²) in [6.45, 7) is 7.45. The van der Waals surface area contributed by atoms with Gasteiger partial charge in [-0.25, -0.2) is 0 Å². The molecule has 0 saturated carbocycles. The quantitative estimate of drug-likeness (QED) is 0.837. The van der Waals surface area contributed by atoms with E-state index in [-0.39, 0.29) is 0 Å². The third-order valence-corrected chi connectivity index (χ3v) is 5.00. The van der Waals surface area contributed by atoms with E-state index in [9.17, 15) is 0 Å². The van der Waals surface area contributed by atoms with Crippen LogP contribution in [-0.4, -0.2) is 43.8 Å². The third kappa shape index (κ3) is 3.46. The van der Waals surface area contributed by atoms with Gasteiger partial charge < -0.3 is 10.5 Å². The summed E-state index contributed by atoms with van der Waals surface area (Å²) in [6, 6.07) is 0.791. The van der Waals surface area contributed by atoms with E-state index in [1.54, 1.807) is 0 Å². The van der Waals surface area contributed by atoms with Crippen LogP contribution >= 0.6 is 0 Å². The van der Waals surface area contributed by atoms with Gasteiger partial charge in [0.2, 0.25) is 0 Å². The second-order valence-corrected chi connectivity index (χ2v) is 6.20. The Labute approximate surface area is 112 Å². The molecule has 18 heavy (non-hydrogen) atoms. The summed E-state index contributed by atoms with van der Waals surface area (Å²) in [5.74, 6) is 0. The van der Waals surface area contributed by atoms with Gasteiger partial charge >= 0.3 is 0 Å². The topological polar surface area (TPSA) is 38.5 Å². The van der Waals surface area contributed by atoms with Crippen molar-refractivity contribution in [2.75, 3.05) is 32.8 Å². The molecule has 3 nitrogen and oxygen atoms in total. The maximum absolute atomic E-state index is 6.10. The second-order valence-electron chi connectivity index (χ2n) is 6.20. The summed E-state index contributed by atoms with van der Waals surface area (Å²) < 4.78 is 5.52. The fourth-order valence-corrected chi connectivity index (χ4v) is 3.57. The van der Waals surface area contributed by atoms with E-state index >= 15 is 0 Å². The smallest absolute Gasteiger partial charge is 0.0472 e. The van der Waals surface area contributed by atoms with Gasteiger partial charge in [0.1, 0.15) is 0 Å². The van der Waals surface area contributed by atoms with Gasteiger partial charge in [-0.2, -0.15) is 0 Å². The highest BCUT2D eigenvalue weighted by Gasteiger charge is 2.35. The maximum Gasteiger partial charge on any atom is 0.0472 e. The molecule has 0 amide bonds. The Morgan fingerprint density at radius 1 is 1.22 bits per heavy atom. The number of ether oxygens (including phenoxy) is 1. The lowest BCUT2D eigenvalue weighted by Crippen LogP contribution is -2.49. The standard InChI is InChI=1S/C15H30N2O/c1-2-14-6-4-3-5-9-17(14)13-15(12-16)7-10-18-11-8-15/h14H,2-13,16H2,1H3. The number of hydrogen-bond donors (Lipinski definition) is 1. The van der Waals surface area contributed by atoms with Crippen molar-refractivity contribution in [3.63, 3.8) is 0 Å². The van der Waals surface area contributed by atoms with Crippen molar-refractivity contribution in [1.29, 1.82) is 0 Å². The number of rotatable bonds is 4. The van der Waals surface area contributed by atoms with Crippen molar-refractivity contribution < 1.29 is 4.74 Å². The van der Waals surface area contributed by atoms with Crippen molar-refractivity contribution in [2.45, 2.75) is 57.9 Å². The van der Waals surface area contributed by atoms with E-state index in [4.69, 9.17) is 10.5 Å². The molecule has 106 valence electrons. The first kappa shape index (κ1) is 14.3. The van der Waals surface area contributed by atoms with Crippen LogP contribution in [0.15, 0.2) is 0 Å². The molecule has 2 saturated heterocycles. The molecule has 3 heteroatoms. The number of nitrogens with two attached hydrogens (primary N) is 1. The number of likely N-dealkylation sites (tertiary alicyclic amines) is 1. The molecule has 0 aromatic heterocycles. The Bertz CT molecular complexity index is 239. The fourth-order valence-electron chi connectivity index (χ4n) is 3.57. The Balaban J connectivity index is 1.99. The fraction of sp³-hybridized carbons (Fsp3) is 1.00. The van der Waals surface area contributed by atoms with E-state index in [2.05, 4.69) is 11.8 Å². The lowest BCUT2D eigenvalue weighted by atomic mass is 9.79. The molecule has 2 fully saturated rings. The van der Waals surface area contributed by atoms with Crippen molar-refractivity contribution in [1.82, 2.24) is 4.90 Å². The minimum Gasteiger partial charge on any atom is -0.381 e. The van der Waals surface area contributed by atoms with Crippen molar-refractivity contribution >= 4 is 0 Å². The molecule has 0 aromatic carbocycles. The highest BCUT2D eigenvalue weighted by molar-refractivity contribution is 4.88. The maximum atomic E-state index is 6.10. The van der Waals surface area contributed by atoms with Crippen LogP contribution in [0.2, 0.25) is 0 Å². The summed E-state index contributed by atoms with van der Waals surface area (Å²) in [5.41, 5.74) is 6.43. The molecule has 1 unspecified atom stereocenters. The van der Waals surface area contributed by atoms with Gasteiger partial charge in [-0.15, -0.1) is 0 Å². The molecule has 0 aromatic rings. The van der Waals surface area contributed by atoms with Gasteiger partial charge in [0, 0.05) is 25.8 Å². The Hall–Kier alpha value is -0.120. The molecular formula is C15H30N2O. The summed E-state index contributed by atoms with van der Waals surface area (Å²) in [6.07, 6.45) is 9.16. The van der Waals surface area contributed by atoms with E-state index in [0.717, 1.165) is 38.6 Å². The van der Waals surface area contributed by atoms with Gasteiger partial charge in [0.15, 0.2) is 0 Å². The van der Waals surface area contributed by atoms with Crippen LogP contribution in [0.25, 0.3) is 0 Å². The highest BCUT2D eigenvalue weighted by Crippen LogP contribution is 2.32. The summed E-state index contributed by atoms with van der Waals surface area (Å²) in [5, 5.41) is 0. The van der Waals surface area contributed by atoms with Crippen LogP contribution in [0.1, 0.15) is 51.9 Å². The Kier molecular flexibility index (Phi) is 5.46. The average molecular weight is 254 g/mol. The normalized spacial score (nSPS) is 30.0. The van der Waals surface area contributed by atoms with Gasteiger partial charge in [-0.3, -0.25) is 4.90 Å². The third-order valence-electron chi connectivity index (χ3n) is 5.00. The predicted molar refractivity (Wildman–Crippen MR) is 75.7 cm³/mol. The average Bonchev–Trinajstić information content (AvgIpc) is 2.65. The van der Waals surface area contributed by atoms with E-state index in [1.807, 2.05) is 0 Å². The van der Waals surface area contributed by atoms with E-state index < -0.39 is 0 Å². The molecule has 2 heterocycles. The monoisotopic (exact) mass is 254 g/mol. The zero-order valence-corrected chi connectivity index (χ0v) is 12.0. The Morgan fingerprint density at radius 3 is 2.67 bits per heavy atom. The molecule has 2 N–H and O–H groups in total. The van der Waals surface area contributed by atoms with Gasteiger partial charge in [-0.05, 0) is 50.6 Å². The molecular weight excluding hydrogens is 224 g/mol. The largest absolute Gasteiger partial charge is 0.381 e. The first-order valence-corrected chi connectivity index (χ1v) is 7.81. The highest BCUT2D eigenvalue weighted by atomic mass is 16.5. The summed E-state index contributed by atoms with van der Waals surface area (Å²) in [4.78, 5) is 2.74. The SMILES string of the molecule is CCC1CCCCCN1CC1(CN)CCOCC1. The second kappa shape index (κ2) is 6.88. The zero-order chi connectivity index (χ0) is 12.8. The first-order valence-electron chi connectivity index (χ1n) is 7.81. The van der Waals surface area contributed by atoms with Crippen LogP contribution in [-0.2, 0) is 4.74 Å². The molecule has 0 aliphatic carbocycles. The van der Waals surface area contributed by atoms with Gasteiger partial charge in [0.25, 0.3) is 0 Å². The molecule has 0 bridgehead atoms. The van der Waals surface area contributed by atoms with Crippen molar-refractivity contribution in [3.8, 4) is 0 Å². The zero-order valence-electron chi connectivity index (χ0n) is 12.0. The number of hydrogen-bond acceptors (Lipinski definition) is 3. The lowest BCUT2D eigenvalue weighted by molar-refractivity contribution is -0.00767. The van der Waals surface area contributed by atoms with Crippen LogP contribution in [0, 0.1) is 5.41 Å². The predicted octanol–water partition coefficient (Wildman–Crippen LogP) is 2.40. The van der Waals surface area contributed by atoms with Crippen molar-refractivity contribution in [3.05, 3.63) is 0 Å². The van der Waals surface area contributed by atoms with Gasteiger partial charge in [-0.1, -0.05) is 19.8 Å². The van der Waals surface area contributed by atoms with Crippen LogP contribution < -0.4 is 5.73 Å². The van der Waals surface area contributed by atoms with Crippen LogP contribution in [0.3, 0.4) is 0 Å². The Morgan fingerprint density at radius 2 is 2.00 bits per heavy atom. The molecule has 2 aliphatic rings. The molecule has 0 spiro atoms. The molecule has 1 atom stereocenters. The lowest BCUT2D eigenvalue weighted by Gasteiger charge is -2.42. The van der Waals surface area contributed by atoms with E-state index in [0.29, 0.717) is 5.41 Å². The van der Waals surface area contributed by atoms with Crippen molar-refractivity contribution in [2.24, 2.45) is 11.1 Å². The minimum absolute atomic E-state index is 0.329. The van der Waals surface area contributed by atoms with Gasteiger partial charge in [0.05, 0.1) is 0 Å². The van der Waals surface area contributed by atoms with E-state index in [1.165, 1.54) is 45.2 Å². The molecule has 0 radical (unpaired) electrons. The minimum atomic E-state index is 0.329.